The maximum Gasteiger partial charge on any atom is 0.137 e. The van der Waals surface area contributed by atoms with Crippen molar-refractivity contribution in [1.29, 1.82) is 0 Å². The van der Waals surface area contributed by atoms with E-state index in [1.165, 1.54) is 0 Å². The van der Waals surface area contributed by atoms with Crippen LogP contribution in [0.15, 0.2) is 61.2 Å². The summed E-state index contributed by atoms with van der Waals surface area (Å²) in [5.41, 5.74) is 3.08. The maximum atomic E-state index is 4.09. The number of para-hydroxylation sites is 2. The minimum Gasteiger partial charge on any atom is -0.346 e. The number of aromatic nitrogens is 4. The molecule has 0 amide bonds. The van der Waals surface area contributed by atoms with Crippen molar-refractivity contribution in [3.63, 3.8) is 0 Å². The third kappa shape index (κ3) is 3.23. The van der Waals surface area contributed by atoms with E-state index < -0.39 is 0 Å². The molecule has 0 saturated carbocycles. The zero-order valence-corrected chi connectivity index (χ0v) is 11.7. The van der Waals surface area contributed by atoms with Gasteiger partial charge >= 0.3 is 0 Å². The Balaban J connectivity index is 0.000000131. The van der Waals surface area contributed by atoms with Crippen LogP contribution < -0.4 is 0 Å². The quantitative estimate of drug-likeness (QED) is 0.502. The summed E-state index contributed by atoms with van der Waals surface area (Å²) in [5, 5.41) is 1.16. The van der Waals surface area contributed by atoms with E-state index in [1.807, 2.05) is 62.5 Å². The van der Waals surface area contributed by atoms with Gasteiger partial charge in [0, 0.05) is 17.8 Å². The summed E-state index contributed by atoms with van der Waals surface area (Å²) in [6.07, 6.45) is 5.36. The summed E-state index contributed by atoms with van der Waals surface area (Å²) < 4.78 is 0. The normalized spacial score (nSPS) is 9.50. The molecular formula is C16H18N4. The maximum absolute atomic E-state index is 4.09. The Bertz CT molecular complexity index is 628. The molecule has 0 radical (unpaired) electrons. The highest BCUT2D eigenvalue weighted by Crippen LogP contribution is 2.06. The van der Waals surface area contributed by atoms with Crippen LogP contribution in [-0.4, -0.2) is 19.9 Å². The van der Waals surface area contributed by atoms with Crippen molar-refractivity contribution >= 4 is 22.1 Å². The van der Waals surface area contributed by atoms with Crippen molar-refractivity contribution in [1.82, 2.24) is 19.9 Å². The van der Waals surface area contributed by atoms with Crippen LogP contribution in [0.3, 0.4) is 0 Å². The molecule has 2 N–H and O–H groups in total. The molecule has 0 saturated heterocycles. The minimum absolute atomic E-state index is 0.956. The highest BCUT2D eigenvalue weighted by molar-refractivity contribution is 5.74. The first-order valence-corrected chi connectivity index (χ1v) is 6.70. The number of benzene rings is 1. The van der Waals surface area contributed by atoms with Crippen molar-refractivity contribution in [2.75, 3.05) is 0 Å². The average Bonchev–Trinajstić information content (AvgIpc) is 3.18. The summed E-state index contributed by atoms with van der Waals surface area (Å²) >= 11 is 0. The van der Waals surface area contributed by atoms with Crippen LogP contribution in [0, 0.1) is 0 Å². The van der Waals surface area contributed by atoms with Gasteiger partial charge in [0.15, 0.2) is 0 Å². The van der Waals surface area contributed by atoms with Gasteiger partial charge in [-0.25, -0.2) is 9.97 Å². The summed E-state index contributed by atoms with van der Waals surface area (Å²) in [6.45, 7) is 4.00. The zero-order valence-electron chi connectivity index (χ0n) is 11.7. The van der Waals surface area contributed by atoms with E-state index in [1.54, 1.807) is 12.5 Å². The van der Waals surface area contributed by atoms with Crippen LogP contribution in [0.5, 0.6) is 0 Å². The summed E-state index contributed by atoms with van der Waals surface area (Å²) in [7, 11) is 0. The summed E-state index contributed by atoms with van der Waals surface area (Å²) in [5.74, 6) is 0. The molecule has 0 aliphatic carbocycles. The van der Waals surface area contributed by atoms with Crippen LogP contribution >= 0.6 is 0 Å². The average molecular weight is 266 g/mol. The molecule has 3 aromatic heterocycles. The minimum atomic E-state index is 0.956. The van der Waals surface area contributed by atoms with E-state index in [9.17, 15) is 0 Å². The predicted molar refractivity (Wildman–Crippen MR) is 83.5 cm³/mol. The van der Waals surface area contributed by atoms with Crippen molar-refractivity contribution in [3.05, 3.63) is 61.2 Å². The SMILES string of the molecule is CC.c1ccc2[nH]cnc2c1.c1cnc2[nH]ccc2c1. The van der Waals surface area contributed by atoms with Crippen LogP contribution in [0.25, 0.3) is 22.1 Å². The Morgan fingerprint density at radius 2 is 1.70 bits per heavy atom. The molecule has 0 fully saturated rings. The molecule has 4 aromatic rings. The zero-order chi connectivity index (χ0) is 14.2. The van der Waals surface area contributed by atoms with E-state index in [4.69, 9.17) is 0 Å². The molecule has 0 aliphatic rings. The van der Waals surface area contributed by atoms with Crippen molar-refractivity contribution in [3.8, 4) is 0 Å². The molecule has 0 spiro atoms. The molecule has 0 atom stereocenters. The second-order valence-corrected chi connectivity index (χ2v) is 3.84. The van der Waals surface area contributed by atoms with Crippen molar-refractivity contribution in [2.24, 2.45) is 0 Å². The summed E-state index contributed by atoms with van der Waals surface area (Å²) in [4.78, 5) is 14.2. The predicted octanol–water partition coefficient (Wildman–Crippen LogP) is 4.15. The van der Waals surface area contributed by atoms with Crippen LogP contribution in [0.4, 0.5) is 0 Å². The van der Waals surface area contributed by atoms with Gasteiger partial charge in [0.25, 0.3) is 0 Å². The number of aromatic amines is 2. The van der Waals surface area contributed by atoms with Gasteiger partial charge < -0.3 is 9.97 Å². The number of nitrogens with zero attached hydrogens (tertiary/aromatic N) is 2. The lowest BCUT2D eigenvalue weighted by molar-refractivity contribution is 1.33. The van der Waals surface area contributed by atoms with Gasteiger partial charge in [0.05, 0.1) is 17.4 Å². The van der Waals surface area contributed by atoms with Crippen molar-refractivity contribution < 1.29 is 0 Å². The van der Waals surface area contributed by atoms with Crippen LogP contribution in [-0.2, 0) is 0 Å². The first kappa shape index (κ1) is 13.8. The van der Waals surface area contributed by atoms with Crippen molar-refractivity contribution in [2.45, 2.75) is 13.8 Å². The molecule has 4 rings (SSSR count). The lowest BCUT2D eigenvalue weighted by atomic mass is 10.3. The second-order valence-electron chi connectivity index (χ2n) is 3.84. The number of rotatable bonds is 0. The number of nitrogens with one attached hydrogen (secondary N) is 2. The van der Waals surface area contributed by atoms with E-state index in [-0.39, 0.29) is 0 Å². The lowest BCUT2D eigenvalue weighted by Crippen LogP contribution is -1.70. The fourth-order valence-corrected chi connectivity index (χ4v) is 1.76. The highest BCUT2D eigenvalue weighted by Gasteiger charge is 1.89. The highest BCUT2D eigenvalue weighted by atomic mass is 14.9. The Hall–Kier alpha value is -2.62. The number of hydrogen-bond donors (Lipinski definition) is 2. The van der Waals surface area contributed by atoms with E-state index in [0.29, 0.717) is 0 Å². The Kier molecular flexibility index (Phi) is 4.89. The Morgan fingerprint density at radius 3 is 2.50 bits per heavy atom. The molecule has 0 unspecified atom stereocenters. The number of imidazole rings is 1. The van der Waals surface area contributed by atoms with Gasteiger partial charge in [0.2, 0.25) is 0 Å². The lowest BCUT2D eigenvalue weighted by Gasteiger charge is -1.82. The third-order valence-electron chi connectivity index (χ3n) is 2.65. The summed E-state index contributed by atoms with van der Waals surface area (Å²) in [6, 6.07) is 13.9. The molecule has 0 aliphatic heterocycles. The largest absolute Gasteiger partial charge is 0.346 e. The standard InChI is InChI=1S/2C7H6N2.C2H6/c1-2-6-3-5-9-7(6)8-4-1;1-2-4-7-6(3-1)8-5-9-7;1-2/h2*1-5H,(H,8,9);1-2H3. The molecule has 1 aromatic carbocycles. The monoisotopic (exact) mass is 266 g/mol. The smallest absolute Gasteiger partial charge is 0.137 e. The first-order chi connectivity index (χ1) is 9.93. The molecule has 4 heteroatoms. The van der Waals surface area contributed by atoms with E-state index in [0.717, 1.165) is 22.1 Å². The number of fused-ring (bicyclic) bond motifs is 2. The Morgan fingerprint density at radius 1 is 0.850 bits per heavy atom. The number of H-pyrrole nitrogens is 2. The second kappa shape index (κ2) is 7.09. The van der Waals surface area contributed by atoms with Gasteiger partial charge in [0.1, 0.15) is 5.65 Å². The Labute approximate surface area is 117 Å². The fraction of sp³-hybridized carbons (Fsp3) is 0.125. The molecular weight excluding hydrogens is 248 g/mol. The van der Waals surface area contributed by atoms with Gasteiger partial charge in [-0.15, -0.1) is 0 Å². The van der Waals surface area contributed by atoms with E-state index >= 15 is 0 Å². The molecule has 3 heterocycles. The van der Waals surface area contributed by atoms with Crippen LogP contribution in [0.1, 0.15) is 13.8 Å². The molecule has 102 valence electrons. The fourth-order valence-electron chi connectivity index (χ4n) is 1.76. The topological polar surface area (TPSA) is 57.4 Å². The van der Waals surface area contributed by atoms with Gasteiger partial charge in [-0.2, -0.15) is 0 Å². The third-order valence-corrected chi connectivity index (χ3v) is 2.65. The number of pyridine rings is 1. The molecule has 20 heavy (non-hydrogen) atoms. The van der Waals surface area contributed by atoms with E-state index in [2.05, 4.69) is 19.9 Å². The van der Waals surface area contributed by atoms with Gasteiger partial charge in [-0.1, -0.05) is 26.0 Å². The number of hydrogen-bond acceptors (Lipinski definition) is 2. The molecule has 0 bridgehead atoms. The van der Waals surface area contributed by atoms with Gasteiger partial charge in [-0.05, 0) is 30.3 Å². The first-order valence-electron chi connectivity index (χ1n) is 6.70. The van der Waals surface area contributed by atoms with Crippen LogP contribution in [0.2, 0.25) is 0 Å². The van der Waals surface area contributed by atoms with Gasteiger partial charge in [-0.3, -0.25) is 0 Å². The molecule has 4 nitrogen and oxygen atoms in total.